The number of nitrogens with one attached hydrogen (secondary N) is 2. The van der Waals surface area contributed by atoms with Gasteiger partial charge < -0.3 is 20.5 Å². The molecule has 0 saturated carbocycles. The van der Waals surface area contributed by atoms with Gasteiger partial charge in [-0.3, -0.25) is 4.79 Å². The predicted octanol–water partition coefficient (Wildman–Crippen LogP) is 3.97. The highest BCUT2D eigenvalue weighted by Gasteiger charge is 2.35. The SMILES string of the molecule is CC(=O)N[C@@H](Cc1ccccc1)[C@H](O)CN[C@H]1CC(C)(C)Oc2ncc(CC(C)(C)C)cc21. The number of hydrogen-bond donors (Lipinski definition) is 3. The molecule has 0 bridgehead atoms. The van der Waals surface area contributed by atoms with E-state index in [1.165, 1.54) is 12.5 Å². The second-order valence-corrected chi connectivity index (χ2v) is 11.1. The van der Waals surface area contributed by atoms with Gasteiger partial charge in [-0.15, -0.1) is 0 Å². The molecule has 0 unspecified atom stereocenters. The lowest BCUT2D eigenvalue weighted by atomic mass is 9.86. The third kappa shape index (κ3) is 7.54. The Morgan fingerprint density at radius 3 is 2.58 bits per heavy atom. The number of amides is 1. The molecule has 6 nitrogen and oxygen atoms in total. The number of aromatic nitrogens is 1. The van der Waals surface area contributed by atoms with Crippen LogP contribution >= 0.6 is 0 Å². The zero-order valence-electron chi connectivity index (χ0n) is 20.8. The number of carbonyl (C=O) groups is 1. The monoisotopic (exact) mass is 453 g/mol. The van der Waals surface area contributed by atoms with E-state index in [4.69, 9.17) is 4.74 Å². The van der Waals surface area contributed by atoms with Gasteiger partial charge in [-0.25, -0.2) is 4.98 Å². The fraction of sp³-hybridized carbons (Fsp3) is 0.556. The van der Waals surface area contributed by atoms with Crippen LogP contribution < -0.4 is 15.4 Å². The molecular formula is C27H39N3O3. The standard InChI is InChI=1S/C27H39N3O3/c1-18(31)30-22(13-19-10-8-7-9-11-19)24(32)17-28-23-15-27(5,6)33-25-21(23)12-20(16-29-25)14-26(2,3)4/h7-12,16,22-24,28,32H,13-15,17H2,1-6H3,(H,30,31)/t22-,23-,24+/m0/s1. The Hall–Kier alpha value is -2.44. The van der Waals surface area contributed by atoms with E-state index < -0.39 is 6.10 Å². The van der Waals surface area contributed by atoms with Gasteiger partial charge in [0.2, 0.25) is 11.8 Å². The van der Waals surface area contributed by atoms with E-state index in [0.29, 0.717) is 18.8 Å². The number of rotatable bonds is 8. The van der Waals surface area contributed by atoms with Crippen LogP contribution in [0.4, 0.5) is 0 Å². The highest BCUT2D eigenvalue weighted by molar-refractivity contribution is 5.73. The van der Waals surface area contributed by atoms with E-state index in [1.807, 2.05) is 36.5 Å². The van der Waals surface area contributed by atoms with Crippen LogP contribution in [0.5, 0.6) is 5.88 Å². The van der Waals surface area contributed by atoms with Crippen LogP contribution in [0.15, 0.2) is 42.6 Å². The van der Waals surface area contributed by atoms with Gasteiger partial charge in [0.15, 0.2) is 0 Å². The number of nitrogens with zero attached hydrogens (tertiary/aromatic N) is 1. The molecule has 0 radical (unpaired) electrons. The van der Waals surface area contributed by atoms with Crippen molar-refractivity contribution in [3.63, 3.8) is 0 Å². The molecule has 0 fully saturated rings. The molecular weight excluding hydrogens is 414 g/mol. The smallest absolute Gasteiger partial charge is 0.218 e. The van der Waals surface area contributed by atoms with Crippen LogP contribution in [0, 0.1) is 5.41 Å². The first-order valence-corrected chi connectivity index (χ1v) is 11.8. The topological polar surface area (TPSA) is 83.5 Å². The minimum absolute atomic E-state index is 0.000483. The van der Waals surface area contributed by atoms with E-state index in [2.05, 4.69) is 56.3 Å². The van der Waals surface area contributed by atoms with Crippen molar-refractivity contribution in [1.82, 2.24) is 15.6 Å². The summed E-state index contributed by atoms with van der Waals surface area (Å²) in [6.07, 6.45) is 3.42. The lowest BCUT2D eigenvalue weighted by molar-refractivity contribution is -0.120. The maximum atomic E-state index is 11.8. The molecule has 0 aliphatic carbocycles. The van der Waals surface area contributed by atoms with Crippen LogP contribution in [-0.2, 0) is 17.6 Å². The molecule has 2 heterocycles. The molecule has 33 heavy (non-hydrogen) atoms. The van der Waals surface area contributed by atoms with Crippen molar-refractivity contribution in [3.05, 3.63) is 59.3 Å². The van der Waals surface area contributed by atoms with E-state index in [-0.39, 0.29) is 29.0 Å². The summed E-state index contributed by atoms with van der Waals surface area (Å²) in [7, 11) is 0. The number of aliphatic hydroxyl groups is 1. The van der Waals surface area contributed by atoms with Crippen molar-refractivity contribution < 1.29 is 14.6 Å². The normalized spacial score (nSPS) is 19.2. The van der Waals surface area contributed by atoms with Crippen LogP contribution in [0.25, 0.3) is 0 Å². The molecule has 3 atom stereocenters. The van der Waals surface area contributed by atoms with Gasteiger partial charge in [0, 0.05) is 37.7 Å². The van der Waals surface area contributed by atoms with Gasteiger partial charge in [0.05, 0.1) is 12.1 Å². The number of pyridine rings is 1. The lowest BCUT2D eigenvalue weighted by Gasteiger charge is -2.38. The van der Waals surface area contributed by atoms with Gasteiger partial charge in [0.1, 0.15) is 5.60 Å². The number of ether oxygens (including phenoxy) is 1. The van der Waals surface area contributed by atoms with Crippen LogP contribution in [0.1, 0.15) is 70.7 Å². The van der Waals surface area contributed by atoms with Crippen molar-refractivity contribution in [2.24, 2.45) is 5.41 Å². The summed E-state index contributed by atoms with van der Waals surface area (Å²) >= 11 is 0. The first kappa shape index (κ1) is 25.2. The summed E-state index contributed by atoms with van der Waals surface area (Å²) in [5.74, 6) is 0.502. The molecule has 1 amide bonds. The number of fused-ring (bicyclic) bond motifs is 1. The van der Waals surface area contributed by atoms with Crippen LogP contribution in [-0.4, -0.2) is 40.3 Å². The first-order valence-electron chi connectivity index (χ1n) is 11.8. The van der Waals surface area contributed by atoms with Crippen LogP contribution in [0.2, 0.25) is 0 Å². The second kappa shape index (κ2) is 10.2. The van der Waals surface area contributed by atoms with Crippen molar-refractivity contribution in [2.75, 3.05) is 6.54 Å². The quantitative estimate of drug-likeness (QED) is 0.563. The summed E-state index contributed by atoms with van der Waals surface area (Å²) in [5, 5.41) is 17.5. The maximum Gasteiger partial charge on any atom is 0.218 e. The highest BCUT2D eigenvalue weighted by Crippen LogP contribution is 2.39. The van der Waals surface area contributed by atoms with E-state index in [9.17, 15) is 9.90 Å². The minimum atomic E-state index is -0.741. The Labute approximate surface area is 198 Å². The summed E-state index contributed by atoms with van der Waals surface area (Å²) in [5.41, 5.74) is 3.07. The molecule has 6 heteroatoms. The Balaban J connectivity index is 1.75. The number of hydrogen-bond acceptors (Lipinski definition) is 5. The number of carbonyl (C=O) groups excluding carboxylic acids is 1. The van der Waals surface area contributed by atoms with Crippen molar-refractivity contribution in [2.45, 2.75) is 84.6 Å². The third-order valence-corrected chi connectivity index (χ3v) is 5.84. The van der Waals surface area contributed by atoms with Gasteiger partial charge in [-0.2, -0.15) is 0 Å². The van der Waals surface area contributed by atoms with Gasteiger partial charge >= 0.3 is 0 Å². The molecule has 180 valence electrons. The third-order valence-electron chi connectivity index (χ3n) is 5.84. The lowest BCUT2D eigenvalue weighted by Crippen LogP contribution is -2.49. The molecule has 1 aliphatic rings. The van der Waals surface area contributed by atoms with Gasteiger partial charge in [0.25, 0.3) is 0 Å². The average molecular weight is 454 g/mol. The molecule has 1 aromatic carbocycles. The average Bonchev–Trinajstić information content (AvgIpc) is 2.70. The second-order valence-electron chi connectivity index (χ2n) is 11.1. The van der Waals surface area contributed by atoms with Crippen molar-refractivity contribution >= 4 is 5.91 Å². The van der Waals surface area contributed by atoms with Crippen molar-refractivity contribution in [1.29, 1.82) is 0 Å². The Kier molecular flexibility index (Phi) is 7.80. The fourth-order valence-corrected chi connectivity index (χ4v) is 4.46. The van der Waals surface area contributed by atoms with Gasteiger partial charge in [-0.1, -0.05) is 51.1 Å². The largest absolute Gasteiger partial charge is 0.471 e. The molecule has 2 aromatic rings. The summed E-state index contributed by atoms with van der Waals surface area (Å²) in [6.45, 7) is 12.6. The number of aliphatic hydroxyl groups excluding tert-OH is 1. The highest BCUT2D eigenvalue weighted by atomic mass is 16.5. The van der Waals surface area contributed by atoms with Gasteiger partial charge in [-0.05, 0) is 49.3 Å². The molecule has 0 saturated heterocycles. The molecule has 1 aliphatic heterocycles. The molecule has 3 N–H and O–H groups in total. The Bertz CT molecular complexity index is 937. The maximum absolute atomic E-state index is 11.8. The Morgan fingerprint density at radius 1 is 1.24 bits per heavy atom. The summed E-state index contributed by atoms with van der Waals surface area (Å²) < 4.78 is 6.15. The van der Waals surface area contributed by atoms with E-state index in [1.54, 1.807) is 0 Å². The fourth-order valence-electron chi connectivity index (χ4n) is 4.46. The summed E-state index contributed by atoms with van der Waals surface area (Å²) in [4.78, 5) is 16.4. The van der Waals surface area contributed by atoms with Crippen LogP contribution in [0.3, 0.4) is 0 Å². The Morgan fingerprint density at radius 2 is 1.94 bits per heavy atom. The first-order chi connectivity index (χ1) is 15.4. The predicted molar refractivity (Wildman–Crippen MR) is 131 cm³/mol. The zero-order valence-corrected chi connectivity index (χ0v) is 20.8. The van der Waals surface area contributed by atoms with Crippen molar-refractivity contribution in [3.8, 4) is 5.88 Å². The molecule has 0 spiro atoms. The van der Waals surface area contributed by atoms with E-state index in [0.717, 1.165) is 24.0 Å². The zero-order chi connectivity index (χ0) is 24.2. The number of benzene rings is 1. The summed E-state index contributed by atoms with van der Waals surface area (Å²) in [6, 6.07) is 11.7. The van der Waals surface area contributed by atoms with E-state index >= 15 is 0 Å². The molecule has 1 aromatic heterocycles. The minimum Gasteiger partial charge on any atom is -0.471 e. The molecule has 3 rings (SSSR count).